The SMILES string of the molecule is CC(C)c1cc(Cl)c(C(=O)OF)cc1N. The van der Waals surface area contributed by atoms with E-state index < -0.39 is 5.97 Å². The third-order valence-electron chi connectivity index (χ3n) is 2.08. The number of nitrogen functional groups attached to an aromatic ring is 1. The molecular weight excluding hydrogens is 221 g/mol. The number of hydrogen-bond acceptors (Lipinski definition) is 3. The number of carbonyl (C=O) groups is 1. The fourth-order valence-electron chi connectivity index (χ4n) is 1.30. The zero-order chi connectivity index (χ0) is 11.6. The molecule has 15 heavy (non-hydrogen) atoms. The first kappa shape index (κ1) is 11.8. The number of halogens is 2. The largest absolute Gasteiger partial charge is 0.398 e. The van der Waals surface area contributed by atoms with Gasteiger partial charge in [-0.05, 0) is 23.6 Å². The van der Waals surface area contributed by atoms with Crippen molar-refractivity contribution in [2.45, 2.75) is 19.8 Å². The minimum absolute atomic E-state index is 0.0685. The smallest absolute Gasteiger partial charge is 0.381 e. The van der Waals surface area contributed by atoms with Crippen LogP contribution in [-0.2, 0) is 4.94 Å². The predicted octanol–water partition coefficient (Wildman–Crippen LogP) is 3.09. The van der Waals surface area contributed by atoms with Crippen molar-refractivity contribution < 1.29 is 14.3 Å². The second-order valence-corrected chi connectivity index (χ2v) is 3.89. The summed E-state index contributed by atoms with van der Waals surface area (Å²) in [5, 5.41) is 0.135. The van der Waals surface area contributed by atoms with Gasteiger partial charge in [0, 0.05) is 10.2 Å². The molecule has 0 aliphatic carbocycles. The van der Waals surface area contributed by atoms with Gasteiger partial charge in [0.05, 0.1) is 10.6 Å². The maximum absolute atomic E-state index is 11.7. The minimum Gasteiger partial charge on any atom is -0.398 e. The maximum Gasteiger partial charge on any atom is 0.381 e. The quantitative estimate of drug-likeness (QED) is 0.796. The van der Waals surface area contributed by atoms with Crippen LogP contribution in [0.3, 0.4) is 0 Å². The van der Waals surface area contributed by atoms with Crippen LogP contribution < -0.4 is 5.73 Å². The number of nitrogens with two attached hydrogens (primary N) is 1. The van der Waals surface area contributed by atoms with Gasteiger partial charge in [0.25, 0.3) is 0 Å². The highest BCUT2D eigenvalue weighted by molar-refractivity contribution is 6.33. The Morgan fingerprint density at radius 1 is 1.53 bits per heavy atom. The van der Waals surface area contributed by atoms with E-state index in [2.05, 4.69) is 4.94 Å². The summed E-state index contributed by atoms with van der Waals surface area (Å²) in [6.07, 6.45) is 0. The molecule has 0 saturated heterocycles. The second-order valence-electron chi connectivity index (χ2n) is 3.48. The van der Waals surface area contributed by atoms with Gasteiger partial charge in [0.15, 0.2) is 0 Å². The first-order chi connectivity index (χ1) is 6.97. The summed E-state index contributed by atoms with van der Waals surface area (Å²) in [6.45, 7) is 3.88. The normalized spacial score (nSPS) is 10.5. The molecule has 0 aromatic heterocycles. The van der Waals surface area contributed by atoms with Crippen LogP contribution in [0.4, 0.5) is 10.2 Å². The molecule has 0 aliphatic heterocycles. The van der Waals surface area contributed by atoms with E-state index in [9.17, 15) is 9.32 Å². The highest BCUT2D eigenvalue weighted by Crippen LogP contribution is 2.29. The van der Waals surface area contributed by atoms with Gasteiger partial charge >= 0.3 is 5.97 Å². The van der Waals surface area contributed by atoms with E-state index in [4.69, 9.17) is 17.3 Å². The Morgan fingerprint density at radius 2 is 2.13 bits per heavy atom. The average molecular weight is 232 g/mol. The van der Waals surface area contributed by atoms with Gasteiger partial charge in [-0.15, -0.1) is 0 Å². The van der Waals surface area contributed by atoms with E-state index in [0.29, 0.717) is 5.69 Å². The first-order valence-electron chi connectivity index (χ1n) is 4.39. The molecule has 0 fully saturated rings. The standard InChI is InChI=1S/C10H11ClFNO2/c1-5(2)6-3-8(11)7(4-9(6)13)10(14)15-12/h3-5H,13H2,1-2H3. The molecule has 2 N–H and O–H groups in total. The third-order valence-corrected chi connectivity index (χ3v) is 2.40. The molecule has 5 heteroatoms. The highest BCUT2D eigenvalue weighted by Gasteiger charge is 2.16. The molecule has 0 atom stereocenters. The van der Waals surface area contributed by atoms with Crippen molar-refractivity contribution in [2.24, 2.45) is 0 Å². The number of benzene rings is 1. The van der Waals surface area contributed by atoms with Crippen LogP contribution in [0, 0.1) is 0 Å². The van der Waals surface area contributed by atoms with Crippen LogP contribution in [0.25, 0.3) is 0 Å². The molecule has 82 valence electrons. The van der Waals surface area contributed by atoms with Crippen LogP contribution in [0.15, 0.2) is 12.1 Å². The van der Waals surface area contributed by atoms with E-state index in [1.807, 2.05) is 13.8 Å². The van der Waals surface area contributed by atoms with Gasteiger partial charge < -0.3 is 5.73 Å². The van der Waals surface area contributed by atoms with Crippen LogP contribution in [-0.4, -0.2) is 5.97 Å². The van der Waals surface area contributed by atoms with Gasteiger partial charge in [-0.25, -0.2) is 9.74 Å². The number of hydrogen-bond donors (Lipinski definition) is 1. The molecule has 0 bridgehead atoms. The van der Waals surface area contributed by atoms with Gasteiger partial charge in [-0.1, -0.05) is 25.4 Å². The van der Waals surface area contributed by atoms with Crippen LogP contribution in [0.5, 0.6) is 0 Å². The third kappa shape index (κ3) is 2.39. The Balaban J connectivity index is 3.25. The fraction of sp³-hybridized carbons (Fsp3) is 0.300. The van der Waals surface area contributed by atoms with E-state index >= 15 is 0 Å². The summed E-state index contributed by atoms with van der Waals surface area (Å²) >= 11 is 5.80. The Bertz CT molecular complexity index is 393. The van der Waals surface area contributed by atoms with Crippen molar-refractivity contribution in [3.05, 3.63) is 28.3 Å². The van der Waals surface area contributed by atoms with Gasteiger partial charge in [-0.2, -0.15) is 0 Å². The Morgan fingerprint density at radius 3 is 2.60 bits per heavy atom. The molecule has 3 nitrogen and oxygen atoms in total. The summed E-state index contributed by atoms with van der Waals surface area (Å²) in [4.78, 5) is 14.0. The van der Waals surface area contributed by atoms with E-state index in [-0.39, 0.29) is 16.5 Å². The van der Waals surface area contributed by atoms with Crippen molar-refractivity contribution in [1.29, 1.82) is 0 Å². The first-order valence-corrected chi connectivity index (χ1v) is 4.77. The van der Waals surface area contributed by atoms with Crippen molar-refractivity contribution in [2.75, 3.05) is 5.73 Å². The maximum atomic E-state index is 11.7. The number of rotatable bonds is 2. The highest BCUT2D eigenvalue weighted by atomic mass is 35.5. The van der Waals surface area contributed by atoms with Gasteiger partial charge in [0.2, 0.25) is 0 Å². The molecule has 0 heterocycles. The summed E-state index contributed by atoms with van der Waals surface area (Å²) in [7, 11) is 0. The lowest BCUT2D eigenvalue weighted by molar-refractivity contribution is -0.0787. The molecular formula is C10H11ClFNO2. The second kappa shape index (κ2) is 4.49. The van der Waals surface area contributed by atoms with Gasteiger partial charge in [-0.3, -0.25) is 0 Å². The lowest BCUT2D eigenvalue weighted by Gasteiger charge is -2.11. The molecule has 0 saturated carbocycles. The topological polar surface area (TPSA) is 52.3 Å². The average Bonchev–Trinajstić information content (AvgIpc) is 2.19. The molecule has 0 spiro atoms. The molecule has 0 aliphatic rings. The van der Waals surface area contributed by atoms with Crippen LogP contribution in [0.1, 0.15) is 35.7 Å². The Kier molecular flexibility index (Phi) is 3.52. The number of anilines is 1. The lowest BCUT2D eigenvalue weighted by Crippen LogP contribution is -2.04. The molecule has 1 rings (SSSR count). The lowest BCUT2D eigenvalue weighted by atomic mass is 9.99. The minimum atomic E-state index is -1.14. The van der Waals surface area contributed by atoms with Crippen LogP contribution >= 0.6 is 11.6 Å². The van der Waals surface area contributed by atoms with Crippen molar-refractivity contribution >= 4 is 23.3 Å². The van der Waals surface area contributed by atoms with E-state index in [1.54, 1.807) is 6.07 Å². The number of carbonyl (C=O) groups excluding carboxylic acids is 1. The Labute approximate surface area is 91.9 Å². The summed E-state index contributed by atoms with van der Waals surface area (Å²) in [5.74, 6) is -0.958. The zero-order valence-corrected chi connectivity index (χ0v) is 9.14. The molecule has 0 radical (unpaired) electrons. The monoisotopic (exact) mass is 231 g/mol. The van der Waals surface area contributed by atoms with Crippen molar-refractivity contribution in [3.8, 4) is 0 Å². The predicted molar refractivity (Wildman–Crippen MR) is 56.5 cm³/mol. The van der Waals surface area contributed by atoms with E-state index in [1.165, 1.54) is 6.07 Å². The summed E-state index contributed by atoms with van der Waals surface area (Å²) in [5.41, 5.74) is 6.84. The molecule has 1 aromatic carbocycles. The molecule has 1 aromatic rings. The van der Waals surface area contributed by atoms with Crippen molar-refractivity contribution in [1.82, 2.24) is 0 Å². The summed E-state index contributed by atoms with van der Waals surface area (Å²) < 4.78 is 11.7. The molecule has 0 unspecified atom stereocenters. The van der Waals surface area contributed by atoms with Crippen molar-refractivity contribution in [3.63, 3.8) is 0 Å². The van der Waals surface area contributed by atoms with Gasteiger partial charge in [0.1, 0.15) is 0 Å². The van der Waals surface area contributed by atoms with Crippen LogP contribution in [0.2, 0.25) is 5.02 Å². The fourth-order valence-corrected chi connectivity index (χ4v) is 1.55. The Hall–Kier alpha value is -1.29. The zero-order valence-electron chi connectivity index (χ0n) is 8.38. The van der Waals surface area contributed by atoms with E-state index in [0.717, 1.165) is 5.56 Å². The summed E-state index contributed by atoms with van der Waals surface area (Å²) in [6, 6.07) is 2.87. The molecule has 0 amide bonds.